The van der Waals surface area contributed by atoms with Gasteiger partial charge in [-0.3, -0.25) is 4.79 Å². The highest BCUT2D eigenvalue weighted by Crippen LogP contribution is 2.32. The number of ether oxygens (including phenoxy) is 1. The van der Waals surface area contributed by atoms with Gasteiger partial charge in [-0.1, -0.05) is 18.2 Å². The zero-order chi connectivity index (χ0) is 14.7. The molecule has 3 atom stereocenters. The number of hydrogen-bond donors (Lipinski definition) is 1. The molecule has 20 heavy (non-hydrogen) atoms. The topological polar surface area (TPSA) is 49.8 Å². The number of amides is 1. The number of benzene rings is 1. The summed E-state index contributed by atoms with van der Waals surface area (Å²) < 4.78 is 5.36. The van der Waals surface area contributed by atoms with Crippen molar-refractivity contribution < 1.29 is 14.6 Å². The van der Waals surface area contributed by atoms with Crippen LogP contribution >= 0.6 is 0 Å². The number of para-hydroxylation sites is 1. The summed E-state index contributed by atoms with van der Waals surface area (Å²) in [5, 5.41) is 9.89. The first-order chi connectivity index (χ1) is 9.56. The van der Waals surface area contributed by atoms with E-state index < -0.39 is 6.10 Å². The lowest BCUT2D eigenvalue weighted by molar-refractivity contribution is -0.138. The van der Waals surface area contributed by atoms with Crippen LogP contribution in [0.4, 0.5) is 0 Å². The summed E-state index contributed by atoms with van der Waals surface area (Å²) in [5.74, 6) is 0.553. The maximum atomic E-state index is 12.5. The number of aliphatic hydroxyl groups is 1. The zero-order valence-corrected chi connectivity index (χ0v) is 12.4. The van der Waals surface area contributed by atoms with Crippen molar-refractivity contribution in [3.05, 3.63) is 29.8 Å². The molecule has 110 valence electrons. The van der Waals surface area contributed by atoms with Crippen LogP contribution in [0.15, 0.2) is 24.3 Å². The number of carbonyl (C=O) groups excluding carboxylic acids is 1. The highest BCUT2D eigenvalue weighted by atomic mass is 16.5. The standard InChI is InChI=1S/C16H23NO3/c1-11(12-7-4-5-10-15(12)20-3)17(2)16(19)13-8-6-9-14(13)18/h4-5,7,10-11,13-14,18H,6,8-9H2,1-3H3. The van der Waals surface area contributed by atoms with Crippen LogP contribution in [0.2, 0.25) is 0 Å². The first-order valence-corrected chi connectivity index (χ1v) is 7.14. The summed E-state index contributed by atoms with van der Waals surface area (Å²) in [7, 11) is 3.43. The van der Waals surface area contributed by atoms with Gasteiger partial charge in [0.15, 0.2) is 0 Å². The van der Waals surface area contributed by atoms with Gasteiger partial charge in [-0.15, -0.1) is 0 Å². The lowest BCUT2D eigenvalue weighted by Gasteiger charge is -2.29. The van der Waals surface area contributed by atoms with Crippen LogP contribution in [0, 0.1) is 5.92 Å². The molecule has 0 radical (unpaired) electrons. The lowest BCUT2D eigenvalue weighted by atomic mass is 10.0. The van der Waals surface area contributed by atoms with Gasteiger partial charge >= 0.3 is 0 Å². The molecule has 0 heterocycles. The predicted molar refractivity (Wildman–Crippen MR) is 77.5 cm³/mol. The van der Waals surface area contributed by atoms with Gasteiger partial charge in [0.2, 0.25) is 5.91 Å². The molecule has 4 nitrogen and oxygen atoms in total. The number of carbonyl (C=O) groups is 1. The monoisotopic (exact) mass is 277 g/mol. The number of nitrogens with zero attached hydrogens (tertiary/aromatic N) is 1. The molecule has 0 aromatic heterocycles. The Morgan fingerprint density at radius 3 is 2.70 bits per heavy atom. The Balaban J connectivity index is 2.15. The molecule has 1 fully saturated rings. The van der Waals surface area contributed by atoms with Crippen molar-refractivity contribution in [2.24, 2.45) is 5.92 Å². The molecule has 4 heteroatoms. The van der Waals surface area contributed by atoms with Gasteiger partial charge in [-0.05, 0) is 32.3 Å². The van der Waals surface area contributed by atoms with Gasteiger partial charge in [0.05, 0.1) is 25.2 Å². The largest absolute Gasteiger partial charge is 0.496 e. The smallest absolute Gasteiger partial charge is 0.228 e. The molecule has 2 rings (SSSR count). The third-order valence-corrected chi connectivity index (χ3v) is 4.31. The second kappa shape index (κ2) is 6.27. The maximum absolute atomic E-state index is 12.5. The minimum atomic E-state index is -0.491. The van der Waals surface area contributed by atoms with Crippen LogP contribution in [0.5, 0.6) is 5.75 Å². The SMILES string of the molecule is COc1ccccc1C(C)N(C)C(=O)C1CCCC1O. The van der Waals surface area contributed by atoms with Gasteiger partial charge in [-0.2, -0.15) is 0 Å². The molecule has 0 aliphatic heterocycles. The van der Waals surface area contributed by atoms with E-state index in [4.69, 9.17) is 4.74 Å². The second-order valence-electron chi connectivity index (χ2n) is 5.47. The summed E-state index contributed by atoms with van der Waals surface area (Å²) in [6, 6.07) is 7.65. The average molecular weight is 277 g/mol. The van der Waals surface area contributed by atoms with Crippen molar-refractivity contribution in [1.82, 2.24) is 4.90 Å². The van der Waals surface area contributed by atoms with Crippen molar-refractivity contribution in [3.8, 4) is 5.75 Å². The molecule has 1 aliphatic rings. The van der Waals surface area contributed by atoms with E-state index in [1.807, 2.05) is 31.2 Å². The molecule has 1 N–H and O–H groups in total. The van der Waals surface area contributed by atoms with Crippen molar-refractivity contribution in [3.63, 3.8) is 0 Å². The number of hydrogen-bond acceptors (Lipinski definition) is 3. The van der Waals surface area contributed by atoms with E-state index in [0.29, 0.717) is 0 Å². The summed E-state index contributed by atoms with van der Waals surface area (Å²) in [5.41, 5.74) is 0.985. The Bertz CT molecular complexity index is 475. The van der Waals surface area contributed by atoms with Crippen LogP contribution in [-0.4, -0.2) is 36.2 Å². The van der Waals surface area contributed by atoms with Gasteiger partial charge < -0.3 is 14.7 Å². The number of rotatable bonds is 4. The van der Waals surface area contributed by atoms with Crippen LogP contribution in [0.1, 0.15) is 37.8 Å². The Kier molecular flexibility index (Phi) is 4.65. The minimum absolute atomic E-state index is 0.0217. The van der Waals surface area contributed by atoms with Crippen molar-refractivity contribution in [2.45, 2.75) is 38.3 Å². The van der Waals surface area contributed by atoms with E-state index in [-0.39, 0.29) is 17.9 Å². The van der Waals surface area contributed by atoms with Crippen molar-refractivity contribution in [2.75, 3.05) is 14.2 Å². The third kappa shape index (κ3) is 2.80. The minimum Gasteiger partial charge on any atom is -0.496 e. The van der Waals surface area contributed by atoms with E-state index in [1.165, 1.54) is 0 Å². The lowest BCUT2D eigenvalue weighted by Crippen LogP contribution is -2.38. The molecule has 3 unspecified atom stereocenters. The summed E-state index contributed by atoms with van der Waals surface area (Å²) >= 11 is 0. The zero-order valence-electron chi connectivity index (χ0n) is 12.4. The van der Waals surface area contributed by atoms with E-state index in [9.17, 15) is 9.90 Å². The fourth-order valence-electron chi connectivity index (χ4n) is 2.90. The molecule has 1 aromatic rings. The van der Waals surface area contributed by atoms with E-state index in [2.05, 4.69) is 0 Å². The first-order valence-electron chi connectivity index (χ1n) is 7.14. The molecule has 0 bridgehead atoms. The van der Waals surface area contributed by atoms with Crippen LogP contribution in [0.25, 0.3) is 0 Å². The average Bonchev–Trinajstić information content (AvgIpc) is 2.91. The Labute approximate surface area is 120 Å². The molecule has 1 aliphatic carbocycles. The van der Waals surface area contributed by atoms with Gasteiger partial charge in [0, 0.05) is 12.6 Å². The van der Waals surface area contributed by atoms with E-state index in [1.54, 1.807) is 19.1 Å². The van der Waals surface area contributed by atoms with E-state index in [0.717, 1.165) is 30.6 Å². The molecular weight excluding hydrogens is 254 g/mol. The summed E-state index contributed by atoms with van der Waals surface area (Å²) in [6.45, 7) is 1.98. The maximum Gasteiger partial charge on any atom is 0.228 e. The molecular formula is C16H23NO3. The summed E-state index contributed by atoms with van der Waals surface area (Å²) in [4.78, 5) is 14.2. The number of aliphatic hydroxyl groups excluding tert-OH is 1. The van der Waals surface area contributed by atoms with Gasteiger partial charge in [-0.25, -0.2) is 0 Å². The molecule has 1 aromatic carbocycles. The molecule has 0 saturated heterocycles. The number of methoxy groups -OCH3 is 1. The van der Waals surface area contributed by atoms with Gasteiger partial charge in [0.1, 0.15) is 5.75 Å². The normalized spacial score (nSPS) is 23.4. The van der Waals surface area contributed by atoms with Crippen molar-refractivity contribution >= 4 is 5.91 Å². The first kappa shape index (κ1) is 14.9. The molecule has 0 spiro atoms. The predicted octanol–water partition coefficient (Wildman–Crippen LogP) is 2.38. The van der Waals surface area contributed by atoms with Crippen molar-refractivity contribution in [1.29, 1.82) is 0 Å². The van der Waals surface area contributed by atoms with Gasteiger partial charge in [0.25, 0.3) is 0 Å². The Morgan fingerprint density at radius 2 is 2.10 bits per heavy atom. The quantitative estimate of drug-likeness (QED) is 0.919. The van der Waals surface area contributed by atoms with Crippen LogP contribution in [0.3, 0.4) is 0 Å². The highest BCUT2D eigenvalue weighted by Gasteiger charge is 2.35. The Hall–Kier alpha value is -1.55. The fourth-order valence-corrected chi connectivity index (χ4v) is 2.90. The molecule has 1 saturated carbocycles. The van der Waals surface area contributed by atoms with E-state index >= 15 is 0 Å². The Morgan fingerprint density at radius 1 is 1.40 bits per heavy atom. The third-order valence-electron chi connectivity index (χ3n) is 4.31. The fraction of sp³-hybridized carbons (Fsp3) is 0.562. The highest BCUT2D eigenvalue weighted by molar-refractivity contribution is 5.80. The van der Waals surface area contributed by atoms with Crippen LogP contribution in [-0.2, 0) is 4.79 Å². The molecule has 1 amide bonds. The van der Waals surface area contributed by atoms with Crippen LogP contribution < -0.4 is 4.74 Å². The summed E-state index contributed by atoms with van der Waals surface area (Å²) in [6.07, 6.45) is 1.94. The second-order valence-corrected chi connectivity index (χ2v) is 5.47.